The van der Waals surface area contributed by atoms with Crippen molar-refractivity contribution in [2.45, 2.75) is 49.3 Å². The highest BCUT2D eigenvalue weighted by Gasteiger charge is 2.41. The average molecular weight is 330 g/mol. The Hall–Kier alpha value is -1.11. The van der Waals surface area contributed by atoms with Gasteiger partial charge in [0.15, 0.2) is 0 Å². The zero-order valence-corrected chi connectivity index (χ0v) is 13.1. The van der Waals surface area contributed by atoms with Gasteiger partial charge in [0.1, 0.15) is 0 Å². The normalized spacial score (nSPS) is 27.8. The van der Waals surface area contributed by atoms with Gasteiger partial charge >= 0.3 is 0 Å². The van der Waals surface area contributed by atoms with Crippen molar-refractivity contribution in [3.63, 3.8) is 0 Å². The van der Waals surface area contributed by atoms with Crippen molar-refractivity contribution in [1.29, 1.82) is 0 Å². The molecule has 2 fully saturated rings. The lowest BCUT2D eigenvalue weighted by molar-refractivity contribution is 0.0840. The van der Waals surface area contributed by atoms with E-state index in [1.807, 2.05) is 0 Å². The first-order valence-electron chi connectivity index (χ1n) is 6.86. The fraction of sp³-hybridized carbons (Fsp3) is 0.500. The molecule has 0 spiro atoms. The Bertz CT molecular complexity index is 688. The minimum absolute atomic E-state index is 0.00797. The van der Waals surface area contributed by atoms with Crippen LogP contribution in [0.25, 0.3) is 0 Å². The van der Waals surface area contributed by atoms with Crippen molar-refractivity contribution in [2.24, 2.45) is 0 Å². The third-order valence-electron chi connectivity index (χ3n) is 4.14. The van der Waals surface area contributed by atoms with Crippen molar-refractivity contribution in [3.8, 4) is 0 Å². The van der Waals surface area contributed by atoms with E-state index in [2.05, 4.69) is 5.32 Å². The van der Waals surface area contributed by atoms with E-state index in [0.29, 0.717) is 11.1 Å². The van der Waals surface area contributed by atoms with Crippen LogP contribution in [-0.4, -0.2) is 32.6 Å². The molecule has 5 nitrogen and oxygen atoms in total. The van der Waals surface area contributed by atoms with Crippen molar-refractivity contribution < 1.29 is 17.9 Å². The van der Waals surface area contributed by atoms with Gasteiger partial charge in [0.2, 0.25) is 0 Å². The number of fused-ring (bicyclic) bond motifs is 2. The molecule has 7 heteroatoms. The van der Waals surface area contributed by atoms with Crippen LogP contribution in [-0.2, 0) is 13.8 Å². The Morgan fingerprint density at radius 1 is 1.38 bits per heavy atom. The molecule has 2 bridgehead atoms. The Labute approximate surface area is 128 Å². The van der Waals surface area contributed by atoms with Crippen molar-refractivity contribution in [3.05, 3.63) is 29.3 Å². The van der Waals surface area contributed by atoms with Crippen LogP contribution in [0.2, 0.25) is 0 Å². The Kier molecular flexibility index (Phi) is 3.71. The van der Waals surface area contributed by atoms with E-state index in [9.17, 15) is 13.2 Å². The third-order valence-corrected chi connectivity index (χ3v) is 5.60. The molecule has 1 aromatic carbocycles. The summed E-state index contributed by atoms with van der Waals surface area (Å²) in [5, 5.41) is 2.92. The molecule has 0 saturated carbocycles. The number of ether oxygens (including phenoxy) is 1. The summed E-state index contributed by atoms with van der Waals surface area (Å²) in [6, 6.07) is 4.51. The van der Waals surface area contributed by atoms with Crippen LogP contribution in [0.15, 0.2) is 23.1 Å². The number of aryl methyl sites for hydroxylation is 1. The fourth-order valence-electron chi connectivity index (χ4n) is 3.05. The number of amides is 1. The van der Waals surface area contributed by atoms with Crippen LogP contribution in [0.3, 0.4) is 0 Å². The summed E-state index contributed by atoms with van der Waals surface area (Å²) < 4.78 is 28.7. The van der Waals surface area contributed by atoms with E-state index >= 15 is 0 Å². The molecule has 3 atom stereocenters. The zero-order valence-electron chi connectivity index (χ0n) is 11.5. The summed E-state index contributed by atoms with van der Waals surface area (Å²) in [6.07, 6.45) is 3.17. The second-order valence-electron chi connectivity index (χ2n) is 5.61. The van der Waals surface area contributed by atoms with Gasteiger partial charge in [-0.05, 0) is 43.9 Å². The van der Waals surface area contributed by atoms with E-state index < -0.39 is 9.05 Å². The topological polar surface area (TPSA) is 72.5 Å². The van der Waals surface area contributed by atoms with Crippen LogP contribution < -0.4 is 5.32 Å². The monoisotopic (exact) mass is 329 g/mol. The van der Waals surface area contributed by atoms with Gasteiger partial charge in [-0.25, -0.2) is 8.42 Å². The second kappa shape index (κ2) is 5.26. The molecule has 0 aliphatic carbocycles. The first-order valence-corrected chi connectivity index (χ1v) is 9.17. The fourth-order valence-corrected chi connectivity index (χ4v) is 4.26. The van der Waals surface area contributed by atoms with Gasteiger partial charge < -0.3 is 10.1 Å². The van der Waals surface area contributed by atoms with Gasteiger partial charge in [-0.1, -0.05) is 6.07 Å². The van der Waals surface area contributed by atoms with Gasteiger partial charge in [0.05, 0.1) is 23.1 Å². The minimum Gasteiger partial charge on any atom is -0.373 e. The number of hydrogen-bond donors (Lipinski definition) is 1. The molecule has 3 rings (SSSR count). The number of carbonyl (C=O) groups is 1. The van der Waals surface area contributed by atoms with E-state index in [-0.39, 0.29) is 29.1 Å². The predicted octanol–water partition coefficient (Wildman–Crippen LogP) is 1.97. The molecule has 2 heterocycles. The highest BCUT2D eigenvalue weighted by molar-refractivity contribution is 8.13. The van der Waals surface area contributed by atoms with Crippen LogP contribution in [0.4, 0.5) is 0 Å². The minimum atomic E-state index is -3.86. The smallest absolute Gasteiger partial charge is 0.261 e. The molecular formula is C14H16ClNO4S. The molecule has 0 aromatic heterocycles. The van der Waals surface area contributed by atoms with E-state index in [0.717, 1.165) is 19.3 Å². The van der Waals surface area contributed by atoms with Gasteiger partial charge in [0, 0.05) is 16.2 Å². The molecule has 2 aliphatic heterocycles. The van der Waals surface area contributed by atoms with E-state index in [1.165, 1.54) is 6.07 Å². The summed E-state index contributed by atoms with van der Waals surface area (Å²) >= 11 is 0. The van der Waals surface area contributed by atoms with Crippen LogP contribution in [0.5, 0.6) is 0 Å². The van der Waals surface area contributed by atoms with Crippen molar-refractivity contribution >= 4 is 25.6 Å². The number of benzene rings is 1. The van der Waals surface area contributed by atoms with Crippen LogP contribution in [0.1, 0.15) is 35.2 Å². The van der Waals surface area contributed by atoms with Gasteiger partial charge in [-0.15, -0.1) is 0 Å². The van der Waals surface area contributed by atoms with Crippen LogP contribution in [0, 0.1) is 6.92 Å². The molecule has 2 saturated heterocycles. The van der Waals surface area contributed by atoms with E-state index in [4.69, 9.17) is 15.4 Å². The quantitative estimate of drug-likeness (QED) is 0.861. The van der Waals surface area contributed by atoms with Crippen molar-refractivity contribution in [2.75, 3.05) is 0 Å². The molecule has 1 N–H and O–H groups in total. The number of rotatable bonds is 3. The lowest BCUT2D eigenvalue weighted by Gasteiger charge is -2.20. The van der Waals surface area contributed by atoms with Gasteiger partial charge in [-0.2, -0.15) is 0 Å². The van der Waals surface area contributed by atoms with Crippen molar-refractivity contribution in [1.82, 2.24) is 5.32 Å². The highest BCUT2D eigenvalue weighted by atomic mass is 35.7. The number of carbonyl (C=O) groups excluding carboxylic acids is 1. The number of hydrogen-bond acceptors (Lipinski definition) is 4. The first kappa shape index (κ1) is 14.8. The highest BCUT2D eigenvalue weighted by Crippen LogP contribution is 2.34. The molecule has 21 heavy (non-hydrogen) atoms. The molecule has 0 radical (unpaired) electrons. The first-order chi connectivity index (χ1) is 9.84. The Morgan fingerprint density at radius 2 is 2.14 bits per heavy atom. The molecule has 1 aromatic rings. The molecule has 1 amide bonds. The number of nitrogens with one attached hydrogen (secondary N) is 1. The second-order valence-corrected chi connectivity index (χ2v) is 8.14. The Balaban J connectivity index is 1.79. The third kappa shape index (κ3) is 2.93. The van der Waals surface area contributed by atoms with E-state index in [1.54, 1.807) is 19.1 Å². The average Bonchev–Trinajstić information content (AvgIpc) is 3.00. The largest absolute Gasteiger partial charge is 0.373 e. The standard InChI is InChI=1S/C14H16ClNO4S/c1-8-2-3-9(6-13(8)21(15,18)19)14(17)16-11-7-10-4-5-12(11)20-10/h2-3,6,10-12H,4-5,7H2,1H3,(H,16,17). The summed E-state index contributed by atoms with van der Waals surface area (Å²) in [5.74, 6) is -0.294. The predicted molar refractivity (Wildman–Crippen MR) is 78.0 cm³/mol. The maximum atomic E-state index is 12.3. The summed E-state index contributed by atoms with van der Waals surface area (Å²) in [7, 11) is 1.53. The molecule has 114 valence electrons. The maximum absolute atomic E-state index is 12.3. The maximum Gasteiger partial charge on any atom is 0.261 e. The number of halogens is 1. The molecule has 2 aliphatic rings. The summed E-state index contributed by atoms with van der Waals surface area (Å²) in [5.41, 5.74) is 0.812. The lowest BCUT2D eigenvalue weighted by Crippen LogP contribution is -2.41. The Morgan fingerprint density at radius 3 is 2.71 bits per heavy atom. The lowest BCUT2D eigenvalue weighted by atomic mass is 9.95. The molecule has 3 unspecified atom stereocenters. The van der Waals surface area contributed by atoms with Gasteiger partial charge in [-0.3, -0.25) is 4.79 Å². The summed E-state index contributed by atoms with van der Waals surface area (Å²) in [6.45, 7) is 1.64. The summed E-state index contributed by atoms with van der Waals surface area (Å²) in [4.78, 5) is 12.2. The van der Waals surface area contributed by atoms with Gasteiger partial charge in [0.25, 0.3) is 15.0 Å². The zero-order chi connectivity index (χ0) is 15.2. The molecular weight excluding hydrogens is 314 g/mol. The SMILES string of the molecule is Cc1ccc(C(=O)NC2CC3CCC2O3)cc1S(=O)(=O)Cl. The van der Waals surface area contributed by atoms with Crippen LogP contribution >= 0.6 is 10.7 Å².